The Hall–Kier alpha value is -3.06. The summed E-state index contributed by atoms with van der Waals surface area (Å²) in [5.41, 5.74) is 1.72. The van der Waals surface area contributed by atoms with Crippen LogP contribution in [-0.2, 0) is 0 Å². The van der Waals surface area contributed by atoms with Gasteiger partial charge < -0.3 is 9.32 Å². The van der Waals surface area contributed by atoms with Gasteiger partial charge in [-0.05, 0) is 37.7 Å². The van der Waals surface area contributed by atoms with Crippen molar-refractivity contribution in [2.24, 2.45) is 5.41 Å². The predicted molar refractivity (Wildman–Crippen MR) is 102 cm³/mol. The van der Waals surface area contributed by atoms with E-state index in [0.29, 0.717) is 17.3 Å². The van der Waals surface area contributed by atoms with Crippen LogP contribution in [0.15, 0.2) is 59.3 Å². The summed E-state index contributed by atoms with van der Waals surface area (Å²) < 4.78 is 5.98. The van der Waals surface area contributed by atoms with Crippen molar-refractivity contribution in [1.82, 2.24) is 25.0 Å². The predicted octanol–water partition coefficient (Wildman–Crippen LogP) is 2.65. The van der Waals surface area contributed by atoms with Crippen LogP contribution >= 0.6 is 0 Å². The van der Waals surface area contributed by atoms with E-state index in [0.717, 1.165) is 31.6 Å². The smallest absolute Gasteiger partial charge is 0.254 e. The number of nitrogens with zero attached hydrogens (tertiary/aromatic N) is 5. The molecule has 2 saturated heterocycles. The minimum Gasteiger partial charge on any atom is -0.419 e. The lowest BCUT2D eigenvalue weighted by atomic mass is 9.77. The number of hydrogen-bond donors (Lipinski definition) is 0. The summed E-state index contributed by atoms with van der Waals surface area (Å²) in [7, 11) is 2.08. The molecule has 142 valence electrons. The third-order valence-electron chi connectivity index (χ3n) is 5.76. The van der Waals surface area contributed by atoms with Crippen molar-refractivity contribution >= 4 is 5.91 Å². The van der Waals surface area contributed by atoms with E-state index in [2.05, 4.69) is 27.1 Å². The van der Waals surface area contributed by atoms with Gasteiger partial charge in [0.15, 0.2) is 0 Å². The highest BCUT2D eigenvalue weighted by Gasteiger charge is 2.53. The van der Waals surface area contributed by atoms with Crippen LogP contribution in [-0.4, -0.2) is 57.6 Å². The fourth-order valence-corrected chi connectivity index (χ4v) is 4.43. The molecular weight excluding hydrogens is 354 g/mol. The number of carbonyl (C=O) groups is 1. The molecule has 7 nitrogen and oxygen atoms in total. The van der Waals surface area contributed by atoms with Gasteiger partial charge in [0.2, 0.25) is 11.8 Å². The second kappa shape index (κ2) is 6.53. The number of rotatable bonds is 3. The number of likely N-dealkylation sites (tertiary alicyclic amines) is 2. The van der Waals surface area contributed by atoms with E-state index < -0.39 is 0 Å². The molecule has 0 saturated carbocycles. The first kappa shape index (κ1) is 17.1. The van der Waals surface area contributed by atoms with Gasteiger partial charge >= 0.3 is 0 Å². The Bertz CT molecular complexity index is 982. The largest absolute Gasteiger partial charge is 0.419 e. The third kappa shape index (κ3) is 2.88. The van der Waals surface area contributed by atoms with E-state index in [1.54, 1.807) is 24.5 Å². The van der Waals surface area contributed by atoms with Crippen LogP contribution in [0.4, 0.5) is 0 Å². The van der Waals surface area contributed by atoms with Crippen LogP contribution < -0.4 is 0 Å². The zero-order chi connectivity index (χ0) is 19.1. The molecule has 7 heteroatoms. The van der Waals surface area contributed by atoms with Gasteiger partial charge in [-0.15, -0.1) is 10.2 Å². The highest BCUT2D eigenvalue weighted by atomic mass is 16.4. The average molecular weight is 375 g/mol. The standard InChI is InChI=1S/C21H21N5O2/c1-25-12-21(13-26(14-21)20(27)16-7-9-22-10-8-16)11-17(25)19-24-23-18(28-19)15-5-3-2-4-6-15/h2-10,17H,11-14H2,1H3. The van der Waals surface area contributed by atoms with Crippen LogP contribution in [0.3, 0.4) is 0 Å². The Morgan fingerprint density at radius 1 is 1.07 bits per heavy atom. The number of carbonyl (C=O) groups excluding carboxylic acids is 1. The Balaban J connectivity index is 1.28. The maximum absolute atomic E-state index is 12.6. The maximum atomic E-state index is 12.6. The topological polar surface area (TPSA) is 75.4 Å². The van der Waals surface area contributed by atoms with Crippen molar-refractivity contribution in [2.75, 3.05) is 26.7 Å². The summed E-state index contributed by atoms with van der Waals surface area (Å²) in [5.74, 6) is 1.27. The monoisotopic (exact) mass is 375 g/mol. The average Bonchev–Trinajstić information content (AvgIpc) is 3.32. The molecule has 4 heterocycles. The maximum Gasteiger partial charge on any atom is 0.254 e. The molecule has 28 heavy (non-hydrogen) atoms. The number of pyridine rings is 1. The van der Waals surface area contributed by atoms with Crippen molar-refractivity contribution in [2.45, 2.75) is 12.5 Å². The van der Waals surface area contributed by atoms with Crippen LogP contribution in [0.5, 0.6) is 0 Å². The summed E-state index contributed by atoms with van der Waals surface area (Å²) in [6.07, 6.45) is 4.23. The zero-order valence-corrected chi connectivity index (χ0v) is 15.7. The molecule has 5 rings (SSSR count). The zero-order valence-electron chi connectivity index (χ0n) is 15.7. The molecule has 3 aromatic rings. The van der Waals surface area contributed by atoms with Gasteiger partial charge in [0.25, 0.3) is 5.91 Å². The molecule has 2 aliphatic heterocycles. The van der Waals surface area contributed by atoms with Crippen molar-refractivity contribution in [3.63, 3.8) is 0 Å². The van der Waals surface area contributed by atoms with Gasteiger partial charge in [-0.1, -0.05) is 18.2 Å². The van der Waals surface area contributed by atoms with Crippen molar-refractivity contribution < 1.29 is 9.21 Å². The summed E-state index contributed by atoms with van der Waals surface area (Å²) in [5, 5.41) is 8.53. The molecule has 0 aliphatic carbocycles. The van der Waals surface area contributed by atoms with E-state index in [1.807, 2.05) is 35.2 Å². The Morgan fingerprint density at radius 3 is 2.57 bits per heavy atom. The molecule has 1 amide bonds. The van der Waals surface area contributed by atoms with E-state index in [1.165, 1.54) is 0 Å². The van der Waals surface area contributed by atoms with E-state index in [-0.39, 0.29) is 17.4 Å². The van der Waals surface area contributed by atoms with Crippen molar-refractivity contribution in [1.29, 1.82) is 0 Å². The number of benzene rings is 1. The SMILES string of the molecule is CN1CC2(CC1c1nnc(-c3ccccc3)o1)CN(C(=O)c1ccncc1)C2. The van der Waals surface area contributed by atoms with Crippen molar-refractivity contribution in [3.8, 4) is 11.5 Å². The van der Waals surface area contributed by atoms with Crippen LogP contribution in [0.2, 0.25) is 0 Å². The van der Waals surface area contributed by atoms with E-state index >= 15 is 0 Å². The van der Waals surface area contributed by atoms with E-state index in [9.17, 15) is 4.79 Å². The van der Waals surface area contributed by atoms with Crippen molar-refractivity contribution in [3.05, 3.63) is 66.3 Å². The van der Waals surface area contributed by atoms with Crippen LogP contribution in [0.25, 0.3) is 11.5 Å². The van der Waals surface area contributed by atoms with Gasteiger partial charge in [-0.3, -0.25) is 14.7 Å². The second-order valence-electron chi connectivity index (χ2n) is 7.84. The first-order valence-electron chi connectivity index (χ1n) is 9.42. The lowest BCUT2D eigenvalue weighted by Crippen LogP contribution is -2.59. The molecule has 0 N–H and O–H groups in total. The summed E-state index contributed by atoms with van der Waals surface area (Å²) in [6.45, 7) is 2.43. The molecule has 2 fully saturated rings. The molecule has 2 aliphatic rings. The first-order valence-corrected chi connectivity index (χ1v) is 9.42. The minimum absolute atomic E-state index is 0.0725. The molecule has 1 aromatic carbocycles. The fraction of sp³-hybridized carbons (Fsp3) is 0.333. The summed E-state index contributed by atoms with van der Waals surface area (Å²) >= 11 is 0. The van der Waals surface area contributed by atoms with Crippen LogP contribution in [0.1, 0.15) is 28.7 Å². The summed E-state index contributed by atoms with van der Waals surface area (Å²) in [4.78, 5) is 20.8. The lowest BCUT2D eigenvalue weighted by Gasteiger charge is -2.48. The minimum atomic E-state index is 0.0725. The van der Waals surface area contributed by atoms with Crippen LogP contribution in [0, 0.1) is 5.41 Å². The van der Waals surface area contributed by atoms with Gasteiger partial charge in [0.1, 0.15) is 0 Å². The molecular formula is C21H21N5O2. The van der Waals surface area contributed by atoms with Gasteiger partial charge in [0, 0.05) is 48.6 Å². The molecule has 1 spiro atoms. The second-order valence-corrected chi connectivity index (χ2v) is 7.84. The fourth-order valence-electron chi connectivity index (χ4n) is 4.43. The van der Waals surface area contributed by atoms with Gasteiger partial charge in [0.05, 0.1) is 6.04 Å². The Labute approximate surface area is 163 Å². The quantitative estimate of drug-likeness (QED) is 0.701. The Kier molecular flexibility index (Phi) is 3.98. The first-order chi connectivity index (χ1) is 13.6. The highest BCUT2D eigenvalue weighted by molar-refractivity contribution is 5.94. The third-order valence-corrected chi connectivity index (χ3v) is 5.76. The van der Waals surface area contributed by atoms with Gasteiger partial charge in [-0.25, -0.2) is 0 Å². The molecule has 1 atom stereocenters. The molecule has 1 unspecified atom stereocenters. The number of hydrogen-bond acceptors (Lipinski definition) is 6. The Morgan fingerprint density at radius 2 is 1.82 bits per heavy atom. The number of amides is 1. The summed E-state index contributed by atoms with van der Waals surface area (Å²) in [6, 6.07) is 13.4. The molecule has 0 bridgehead atoms. The molecule has 2 aromatic heterocycles. The van der Waals surface area contributed by atoms with E-state index in [4.69, 9.17) is 4.42 Å². The highest BCUT2D eigenvalue weighted by Crippen LogP contribution is 2.47. The van der Waals surface area contributed by atoms with Gasteiger partial charge in [-0.2, -0.15) is 0 Å². The lowest BCUT2D eigenvalue weighted by molar-refractivity contribution is 0.0115. The normalized spacial score (nSPS) is 21.0. The molecule has 0 radical (unpaired) electrons. The number of aromatic nitrogens is 3.